The molecule has 1 saturated heterocycles. The van der Waals surface area contributed by atoms with Crippen LogP contribution in [-0.2, 0) is 14.3 Å². The van der Waals surface area contributed by atoms with E-state index >= 15 is 0 Å². The maximum Gasteiger partial charge on any atom is 0.297 e. The number of methoxy groups -OCH3 is 1. The van der Waals surface area contributed by atoms with Crippen LogP contribution in [0, 0.1) is 0 Å². The van der Waals surface area contributed by atoms with Gasteiger partial charge in [-0.1, -0.05) is 12.2 Å². The molecule has 1 fully saturated rings. The number of carbonyl (C=O) groups excluding carboxylic acids is 2. The summed E-state index contributed by atoms with van der Waals surface area (Å²) in [5.41, 5.74) is 0.682. The number of halogens is 1. The van der Waals surface area contributed by atoms with E-state index in [1.807, 2.05) is 6.08 Å². The number of carbonyl (C=O) groups is 2. The van der Waals surface area contributed by atoms with E-state index in [4.69, 9.17) is 4.74 Å². The van der Waals surface area contributed by atoms with Gasteiger partial charge in [0.2, 0.25) is 0 Å². The van der Waals surface area contributed by atoms with E-state index in [1.54, 1.807) is 12.3 Å². The van der Waals surface area contributed by atoms with Gasteiger partial charge in [-0.25, -0.2) is 4.39 Å². The van der Waals surface area contributed by atoms with Crippen molar-refractivity contribution in [2.24, 2.45) is 4.99 Å². The van der Waals surface area contributed by atoms with E-state index in [-0.39, 0.29) is 25.2 Å². The van der Waals surface area contributed by atoms with Crippen molar-refractivity contribution >= 4 is 17.5 Å². The van der Waals surface area contributed by atoms with Crippen LogP contribution in [0.1, 0.15) is 6.42 Å². The highest BCUT2D eigenvalue weighted by Crippen LogP contribution is 2.26. The second kappa shape index (κ2) is 6.96. The molecular weight excluding hydrogens is 315 g/mol. The zero-order valence-corrected chi connectivity index (χ0v) is 13.3. The number of Topliss-reactive ketones (excluding diaryl/α,β-unsaturated/α-hetero) is 1. The number of fused-ring (bicyclic) bond motifs is 1. The summed E-state index contributed by atoms with van der Waals surface area (Å²) < 4.78 is 19.3. The predicted octanol–water partition coefficient (Wildman–Crippen LogP) is 0.0289. The summed E-state index contributed by atoms with van der Waals surface area (Å²) in [6.07, 6.45) is 4.10. The lowest BCUT2D eigenvalue weighted by atomic mass is 9.95. The molecule has 3 aliphatic rings. The van der Waals surface area contributed by atoms with Crippen LogP contribution in [0.25, 0.3) is 0 Å². The Bertz CT molecular complexity index is 681. The number of hydrogen-bond acceptors (Lipinski definition) is 6. The third-order valence-electron chi connectivity index (χ3n) is 4.10. The molecular formula is C16H19FN4O3. The Kier molecular flexibility index (Phi) is 4.75. The van der Waals surface area contributed by atoms with Crippen molar-refractivity contribution in [3.8, 4) is 0 Å². The first-order chi connectivity index (χ1) is 11.6. The van der Waals surface area contributed by atoms with Crippen LogP contribution < -0.4 is 10.6 Å². The fourth-order valence-corrected chi connectivity index (χ4v) is 2.88. The lowest BCUT2D eigenvalue weighted by Crippen LogP contribution is -2.54. The Hall–Kier alpha value is -2.48. The molecule has 3 rings (SSSR count). The second-order valence-corrected chi connectivity index (χ2v) is 5.53. The fraction of sp³-hybridized carbons (Fsp3) is 0.438. The Morgan fingerprint density at radius 2 is 2.29 bits per heavy atom. The van der Waals surface area contributed by atoms with Crippen molar-refractivity contribution in [2.75, 3.05) is 33.3 Å². The molecule has 1 atom stereocenters. The number of rotatable bonds is 3. The van der Waals surface area contributed by atoms with Crippen LogP contribution in [0.4, 0.5) is 4.39 Å². The summed E-state index contributed by atoms with van der Waals surface area (Å²) in [6.45, 7) is 0.923. The van der Waals surface area contributed by atoms with Gasteiger partial charge in [-0.15, -0.1) is 0 Å². The number of ketones is 1. The third kappa shape index (κ3) is 2.96. The number of piperazine rings is 1. The van der Waals surface area contributed by atoms with E-state index in [0.29, 0.717) is 30.1 Å². The number of nitrogens with one attached hydrogen (secondary N) is 2. The first-order valence-corrected chi connectivity index (χ1v) is 7.77. The molecule has 128 valence electrons. The summed E-state index contributed by atoms with van der Waals surface area (Å²) in [6, 6.07) is 0. The van der Waals surface area contributed by atoms with Crippen LogP contribution in [0.2, 0.25) is 0 Å². The fourth-order valence-electron chi connectivity index (χ4n) is 2.88. The molecule has 0 bridgehead atoms. The predicted molar refractivity (Wildman–Crippen MR) is 85.8 cm³/mol. The minimum Gasteiger partial charge on any atom is -0.500 e. The van der Waals surface area contributed by atoms with Gasteiger partial charge in [0.05, 0.1) is 19.2 Å². The molecule has 0 radical (unpaired) electrons. The number of dihydropyridines is 1. The number of hydrogen-bond donors (Lipinski definition) is 2. The molecule has 0 spiro atoms. The molecule has 0 saturated carbocycles. The minimum atomic E-state index is -1.50. The molecule has 8 heteroatoms. The molecule has 3 aliphatic heterocycles. The Labute approximate surface area is 138 Å². The maximum absolute atomic E-state index is 14.0. The second-order valence-electron chi connectivity index (χ2n) is 5.53. The van der Waals surface area contributed by atoms with E-state index in [2.05, 4.69) is 15.6 Å². The summed E-state index contributed by atoms with van der Waals surface area (Å²) in [5.74, 6) is -0.549. The first kappa shape index (κ1) is 16.4. The average molecular weight is 334 g/mol. The van der Waals surface area contributed by atoms with E-state index < -0.39 is 18.0 Å². The summed E-state index contributed by atoms with van der Waals surface area (Å²) in [5, 5.41) is 5.84. The van der Waals surface area contributed by atoms with E-state index in [1.165, 1.54) is 7.11 Å². The lowest BCUT2D eigenvalue weighted by molar-refractivity contribution is -0.147. The van der Waals surface area contributed by atoms with Gasteiger partial charge in [-0.2, -0.15) is 0 Å². The molecule has 0 aromatic carbocycles. The van der Waals surface area contributed by atoms with Crippen molar-refractivity contribution < 1.29 is 18.7 Å². The van der Waals surface area contributed by atoms with Crippen molar-refractivity contribution in [1.29, 1.82) is 0 Å². The summed E-state index contributed by atoms with van der Waals surface area (Å²) in [4.78, 5) is 30.5. The standard InChI is InChI=1S/C16H19FN4O3/c1-24-11-3-2-5-19-15-13(11)10(4-6-20-15)14(22)16(23)21-8-7-18-9-12(21)17/h2,4-5,12,18H,3,6-9H2,1H3,(H,19,20)/t12-/m0/s1. The highest BCUT2D eigenvalue weighted by molar-refractivity contribution is 6.45. The number of ether oxygens (including phenoxy) is 1. The quantitative estimate of drug-likeness (QED) is 0.562. The number of aliphatic imine (C=N–C) groups is 1. The van der Waals surface area contributed by atoms with Gasteiger partial charge in [-0.3, -0.25) is 14.6 Å². The molecule has 0 aromatic rings. The molecule has 7 nitrogen and oxygen atoms in total. The number of amidine groups is 1. The van der Waals surface area contributed by atoms with Crippen LogP contribution >= 0.6 is 0 Å². The van der Waals surface area contributed by atoms with Crippen molar-refractivity contribution in [1.82, 2.24) is 15.5 Å². The molecule has 0 unspecified atom stereocenters. The molecule has 0 aromatic heterocycles. The van der Waals surface area contributed by atoms with Gasteiger partial charge in [0.1, 0.15) is 11.6 Å². The van der Waals surface area contributed by atoms with E-state index in [9.17, 15) is 14.0 Å². The summed E-state index contributed by atoms with van der Waals surface area (Å²) >= 11 is 0. The average Bonchev–Trinajstić information content (AvgIpc) is 2.82. The van der Waals surface area contributed by atoms with Gasteiger partial charge in [0.15, 0.2) is 6.30 Å². The molecule has 0 aliphatic carbocycles. The number of alkyl halides is 1. The topological polar surface area (TPSA) is 83.0 Å². The van der Waals surface area contributed by atoms with Crippen molar-refractivity contribution in [3.05, 3.63) is 35.3 Å². The molecule has 1 amide bonds. The first-order valence-electron chi connectivity index (χ1n) is 7.77. The number of amides is 1. The molecule has 24 heavy (non-hydrogen) atoms. The monoisotopic (exact) mass is 334 g/mol. The SMILES string of the molecule is COC1=C2C(C(=O)C(=O)N3CCNC[C@H]3F)=CCN=C2NC=CC1. The van der Waals surface area contributed by atoms with Gasteiger partial charge < -0.3 is 20.3 Å². The normalized spacial score (nSPS) is 23.6. The van der Waals surface area contributed by atoms with Gasteiger partial charge in [0, 0.05) is 31.6 Å². The maximum atomic E-state index is 14.0. The van der Waals surface area contributed by atoms with Crippen LogP contribution in [0.5, 0.6) is 0 Å². The Balaban J connectivity index is 1.90. The molecule has 3 heterocycles. The molecule has 2 N–H and O–H groups in total. The number of allylic oxidation sites excluding steroid dienone is 1. The largest absolute Gasteiger partial charge is 0.500 e. The Morgan fingerprint density at radius 3 is 3.04 bits per heavy atom. The number of nitrogens with zero attached hydrogens (tertiary/aromatic N) is 2. The highest BCUT2D eigenvalue weighted by Gasteiger charge is 2.35. The van der Waals surface area contributed by atoms with Gasteiger partial charge >= 0.3 is 0 Å². The smallest absolute Gasteiger partial charge is 0.297 e. The minimum absolute atomic E-state index is 0.0300. The van der Waals surface area contributed by atoms with Crippen LogP contribution in [-0.4, -0.2) is 62.0 Å². The Morgan fingerprint density at radius 1 is 1.46 bits per heavy atom. The zero-order valence-electron chi connectivity index (χ0n) is 13.3. The third-order valence-corrected chi connectivity index (χ3v) is 4.10. The van der Waals surface area contributed by atoms with Crippen molar-refractivity contribution in [3.63, 3.8) is 0 Å². The highest BCUT2D eigenvalue weighted by atomic mass is 19.1. The zero-order chi connectivity index (χ0) is 17.1. The van der Waals surface area contributed by atoms with Crippen molar-refractivity contribution in [2.45, 2.75) is 12.7 Å². The summed E-state index contributed by atoms with van der Waals surface area (Å²) in [7, 11) is 1.51. The van der Waals surface area contributed by atoms with Crippen LogP contribution in [0.15, 0.2) is 40.2 Å². The lowest BCUT2D eigenvalue weighted by Gasteiger charge is -2.31. The van der Waals surface area contributed by atoms with E-state index in [0.717, 1.165) is 4.90 Å². The van der Waals surface area contributed by atoms with Crippen LogP contribution in [0.3, 0.4) is 0 Å². The van der Waals surface area contributed by atoms with Gasteiger partial charge in [-0.05, 0) is 6.20 Å². The van der Waals surface area contributed by atoms with Gasteiger partial charge in [0.25, 0.3) is 11.7 Å².